The lowest BCUT2D eigenvalue weighted by Gasteiger charge is -2.31. The predicted molar refractivity (Wildman–Crippen MR) is 154 cm³/mol. The zero-order chi connectivity index (χ0) is 32.8. The van der Waals surface area contributed by atoms with Crippen LogP contribution in [-0.2, 0) is 5.60 Å². The van der Waals surface area contributed by atoms with E-state index in [1.54, 1.807) is 10.9 Å². The van der Waals surface area contributed by atoms with Gasteiger partial charge in [-0.1, -0.05) is 0 Å². The summed E-state index contributed by atoms with van der Waals surface area (Å²) >= 11 is 2.88. The van der Waals surface area contributed by atoms with Gasteiger partial charge in [0.05, 0.1) is 42.0 Å². The molecule has 45 heavy (non-hydrogen) atoms. The highest BCUT2D eigenvalue weighted by molar-refractivity contribution is 9.10. The fourth-order valence-electron chi connectivity index (χ4n) is 4.69. The standard InChI is InChI=1S/C29H25BrF5N5O5/c1-3-45-25-17(26(36)41)9-22(38-24(25)16-8-18(30)20(32)10-19(16)31)28(43,29(33,34)35)12-37-27(42)13-6-14-11-40(15-4-5-15)39-23(14)21(7-13)44-2/h6-11,15,43H,3-5,12H2,1-2H3,(H2,36,41)(H,37,42)/t28-/m1/s1. The Bertz CT molecular complexity index is 1830. The summed E-state index contributed by atoms with van der Waals surface area (Å²) in [5.41, 5.74) is -1.22. The van der Waals surface area contributed by atoms with E-state index in [-0.39, 0.29) is 28.4 Å². The number of amides is 2. The molecular weight excluding hydrogens is 673 g/mol. The van der Waals surface area contributed by atoms with E-state index < -0.39 is 70.0 Å². The van der Waals surface area contributed by atoms with E-state index in [0.717, 1.165) is 18.9 Å². The molecule has 0 radical (unpaired) electrons. The largest absolute Gasteiger partial charge is 0.494 e. The first kappa shape index (κ1) is 32.1. The predicted octanol–water partition coefficient (Wildman–Crippen LogP) is 5.16. The number of nitrogens with one attached hydrogen (secondary N) is 1. The number of aromatic nitrogens is 3. The van der Waals surface area contributed by atoms with E-state index in [9.17, 15) is 36.6 Å². The monoisotopic (exact) mass is 697 g/mol. The fraction of sp³-hybridized carbons (Fsp3) is 0.310. The number of hydrogen-bond donors (Lipinski definition) is 3. The summed E-state index contributed by atoms with van der Waals surface area (Å²) in [6.07, 6.45) is -1.93. The van der Waals surface area contributed by atoms with Gasteiger partial charge in [-0.2, -0.15) is 18.3 Å². The molecular formula is C29H25BrF5N5O5. The number of benzene rings is 2. The Labute approximate surface area is 260 Å². The van der Waals surface area contributed by atoms with Gasteiger partial charge in [0, 0.05) is 28.8 Å². The second-order valence-electron chi connectivity index (χ2n) is 10.3. The number of carbonyl (C=O) groups is 2. The minimum Gasteiger partial charge on any atom is -0.494 e. The van der Waals surface area contributed by atoms with Crippen LogP contribution in [0.2, 0.25) is 0 Å². The van der Waals surface area contributed by atoms with Crippen LogP contribution in [0.4, 0.5) is 22.0 Å². The molecule has 1 fully saturated rings. The van der Waals surface area contributed by atoms with E-state index in [0.29, 0.717) is 23.0 Å². The van der Waals surface area contributed by atoms with Crippen molar-refractivity contribution in [1.29, 1.82) is 0 Å². The van der Waals surface area contributed by atoms with Crippen molar-refractivity contribution in [3.63, 3.8) is 0 Å². The van der Waals surface area contributed by atoms with Gasteiger partial charge in [-0.25, -0.2) is 13.8 Å². The van der Waals surface area contributed by atoms with Crippen molar-refractivity contribution in [1.82, 2.24) is 20.1 Å². The van der Waals surface area contributed by atoms with Crippen molar-refractivity contribution in [3.8, 4) is 22.8 Å². The summed E-state index contributed by atoms with van der Waals surface area (Å²) in [4.78, 5) is 29.4. The molecule has 0 unspecified atom stereocenters. The molecule has 0 spiro atoms. The van der Waals surface area contributed by atoms with E-state index in [4.69, 9.17) is 15.2 Å². The Morgan fingerprint density at radius 2 is 1.87 bits per heavy atom. The highest BCUT2D eigenvalue weighted by Gasteiger charge is 2.57. The minimum atomic E-state index is -5.50. The Morgan fingerprint density at radius 3 is 2.47 bits per heavy atom. The van der Waals surface area contributed by atoms with Crippen LogP contribution in [0.1, 0.15) is 52.2 Å². The quantitative estimate of drug-likeness (QED) is 0.154. The molecule has 1 atom stereocenters. The van der Waals surface area contributed by atoms with E-state index >= 15 is 0 Å². The summed E-state index contributed by atoms with van der Waals surface area (Å²) < 4.78 is 85.0. The topological polar surface area (TPSA) is 142 Å². The minimum absolute atomic E-state index is 0.0874. The maximum atomic E-state index is 15.0. The smallest absolute Gasteiger partial charge is 0.424 e. The van der Waals surface area contributed by atoms with Crippen molar-refractivity contribution in [3.05, 3.63) is 69.5 Å². The van der Waals surface area contributed by atoms with Crippen LogP contribution < -0.4 is 20.5 Å². The Hall–Kier alpha value is -4.31. The summed E-state index contributed by atoms with van der Waals surface area (Å²) in [6.45, 7) is -0.152. The zero-order valence-corrected chi connectivity index (χ0v) is 25.2. The van der Waals surface area contributed by atoms with Crippen LogP contribution in [0.25, 0.3) is 22.2 Å². The van der Waals surface area contributed by atoms with Crippen LogP contribution in [0.5, 0.6) is 11.5 Å². The fourth-order valence-corrected chi connectivity index (χ4v) is 5.03. The van der Waals surface area contributed by atoms with Gasteiger partial charge in [0.1, 0.15) is 28.6 Å². The molecule has 2 aromatic carbocycles. The molecule has 0 saturated heterocycles. The molecule has 1 saturated carbocycles. The number of carbonyl (C=O) groups excluding carboxylic acids is 2. The molecule has 2 amide bonds. The average molecular weight is 698 g/mol. The first-order valence-electron chi connectivity index (χ1n) is 13.5. The van der Waals surface area contributed by atoms with Crippen molar-refractivity contribution in [2.75, 3.05) is 20.3 Å². The van der Waals surface area contributed by atoms with Gasteiger partial charge in [-0.3, -0.25) is 14.3 Å². The lowest BCUT2D eigenvalue weighted by atomic mass is 9.94. The van der Waals surface area contributed by atoms with Crippen LogP contribution in [0, 0.1) is 11.6 Å². The van der Waals surface area contributed by atoms with E-state index in [1.807, 2.05) is 0 Å². The van der Waals surface area contributed by atoms with E-state index in [2.05, 4.69) is 31.3 Å². The molecule has 1 aliphatic carbocycles. The number of aliphatic hydroxyl groups is 1. The molecule has 238 valence electrons. The molecule has 2 aromatic heterocycles. The summed E-state index contributed by atoms with van der Waals surface area (Å²) in [7, 11) is 1.35. The van der Waals surface area contributed by atoms with Crippen LogP contribution in [0.15, 0.2) is 41.0 Å². The van der Waals surface area contributed by atoms with Gasteiger partial charge in [0.25, 0.3) is 11.8 Å². The van der Waals surface area contributed by atoms with Crippen molar-refractivity contribution >= 4 is 38.6 Å². The van der Waals surface area contributed by atoms with Gasteiger partial charge in [0.15, 0.2) is 5.75 Å². The maximum absolute atomic E-state index is 15.0. The van der Waals surface area contributed by atoms with Gasteiger partial charge < -0.3 is 25.6 Å². The number of nitrogens with zero attached hydrogens (tertiary/aromatic N) is 3. The number of pyridine rings is 1. The molecule has 4 N–H and O–H groups in total. The molecule has 10 nitrogen and oxygen atoms in total. The van der Waals surface area contributed by atoms with Crippen molar-refractivity contribution < 1.29 is 46.1 Å². The number of methoxy groups -OCH3 is 1. The Kier molecular flexibility index (Phi) is 8.48. The van der Waals surface area contributed by atoms with Crippen LogP contribution >= 0.6 is 15.9 Å². The number of halogens is 6. The third-order valence-corrected chi connectivity index (χ3v) is 7.79. The molecule has 2 heterocycles. The second-order valence-corrected chi connectivity index (χ2v) is 11.1. The Morgan fingerprint density at radius 1 is 1.16 bits per heavy atom. The van der Waals surface area contributed by atoms with E-state index in [1.165, 1.54) is 26.2 Å². The molecule has 0 aliphatic heterocycles. The summed E-state index contributed by atoms with van der Waals surface area (Å²) in [5, 5.41) is 18.2. The number of alkyl halides is 3. The molecule has 4 aromatic rings. The lowest BCUT2D eigenvalue weighted by molar-refractivity contribution is -0.265. The molecule has 5 rings (SSSR count). The number of rotatable bonds is 10. The SMILES string of the molecule is CCOc1c(C(N)=O)cc([C@](O)(CNC(=O)c2cc(OC)c3nn(C4CC4)cc3c2)C(F)(F)F)nc1-c1cc(Br)c(F)cc1F. The molecule has 1 aliphatic rings. The third kappa shape index (κ3) is 6.03. The normalized spacial score (nSPS) is 14.7. The number of primary amides is 1. The van der Waals surface area contributed by atoms with Gasteiger partial charge in [-0.15, -0.1) is 0 Å². The van der Waals surface area contributed by atoms with Crippen LogP contribution in [-0.4, -0.2) is 58.1 Å². The van der Waals surface area contributed by atoms with Crippen molar-refractivity contribution in [2.45, 2.75) is 37.6 Å². The number of fused-ring (bicyclic) bond motifs is 1. The van der Waals surface area contributed by atoms with Gasteiger partial charge in [-0.05, 0) is 60.0 Å². The summed E-state index contributed by atoms with van der Waals surface area (Å²) in [6, 6.07) is 4.80. The first-order chi connectivity index (χ1) is 21.2. The average Bonchev–Trinajstić information content (AvgIpc) is 3.74. The summed E-state index contributed by atoms with van der Waals surface area (Å²) in [5.74, 6) is -4.86. The second kappa shape index (κ2) is 11.9. The number of ether oxygens (including phenoxy) is 2. The van der Waals surface area contributed by atoms with Crippen LogP contribution in [0.3, 0.4) is 0 Å². The third-order valence-electron chi connectivity index (χ3n) is 7.18. The highest BCUT2D eigenvalue weighted by atomic mass is 79.9. The number of nitrogens with two attached hydrogens (primary N) is 1. The van der Waals surface area contributed by atoms with Gasteiger partial charge >= 0.3 is 6.18 Å². The maximum Gasteiger partial charge on any atom is 0.424 e. The number of hydrogen-bond acceptors (Lipinski definition) is 7. The molecule has 0 bridgehead atoms. The lowest BCUT2D eigenvalue weighted by Crippen LogP contribution is -2.51. The highest BCUT2D eigenvalue weighted by Crippen LogP contribution is 2.43. The van der Waals surface area contributed by atoms with Gasteiger partial charge in [0.2, 0.25) is 5.60 Å². The zero-order valence-electron chi connectivity index (χ0n) is 23.6. The first-order valence-corrected chi connectivity index (χ1v) is 14.2. The molecule has 16 heteroatoms. The Balaban J connectivity index is 1.58. The van der Waals surface area contributed by atoms with Crippen molar-refractivity contribution in [2.24, 2.45) is 5.73 Å².